The second-order valence-corrected chi connectivity index (χ2v) is 4.43. The molecule has 0 atom stereocenters. The maximum Gasteiger partial charge on any atom is 0.273 e. The maximum atomic E-state index is 12.1. The fourth-order valence-electron chi connectivity index (χ4n) is 1.97. The normalized spacial score (nSPS) is 10.3. The summed E-state index contributed by atoms with van der Waals surface area (Å²) in [6.45, 7) is 3.79. The van der Waals surface area contributed by atoms with Gasteiger partial charge in [0.1, 0.15) is 11.4 Å². The lowest BCUT2D eigenvalue weighted by molar-refractivity contribution is 0.101. The number of carbonyl (C=O) groups excluding carboxylic acids is 1. The quantitative estimate of drug-likeness (QED) is 0.920. The van der Waals surface area contributed by atoms with E-state index in [1.165, 1.54) is 0 Å². The fraction of sp³-hybridized carbons (Fsp3) is 0.286. The number of anilines is 1. The van der Waals surface area contributed by atoms with Gasteiger partial charge in [-0.2, -0.15) is 5.10 Å². The van der Waals surface area contributed by atoms with Crippen LogP contribution in [0.1, 0.15) is 21.7 Å². The third kappa shape index (κ3) is 2.76. The molecule has 5 nitrogen and oxygen atoms in total. The molecular formula is C14H17N3O2. The molecule has 0 fully saturated rings. The van der Waals surface area contributed by atoms with Gasteiger partial charge in [0, 0.05) is 12.7 Å². The lowest BCUT2D eigenvalue weighted by Gasteiger charge is -2.09. The van der Waals surface area contributed by atoms with Crippen molar-refractivity contribution in [2.24, 2.45) is 7.05 Å². The number of ether oxygens (including phenoxy) is 1. The van der Waals surface area contributed by atoms with Crippen LogP contribution in [-0.4, -0.2) is 22.8 Å². The van der Waals surface area contributed by atoms with Gasteiger partial charge < -0.3 is 10.1 Å². The van der Waals surface area contributed by atoms with Crippen LogP contribution in [0.4, 0.5) is 5.69 Å². The molecule has 2 aromatic rings. The van der Waals surface area contributed by atoms with Gasteiger partial charge >= 0.3 is 0 Å². The Morgan fingerprint density at radius 2 is 2.05 bits per heavy atom. The number of hydrogen-bond acceptors (Lipinski definition) is 3. The molecule has 0 saturated carbocycles. The van der Waals surface area contributed by atoms with Crippen molar-refractivity contribution in [3.05, 3.63) is 41.2 Å². The highest BCUT2D eigenvalue weighted by Gasteiger charge is 2.12. The molecule has 0 spiro atoms. The summed E-state index contributed by atoms with van der Waals surface area (Å²) < 4.78 is 6.76. The van der Waals surface area contributed by atoms with Crippen LogP contribution in [0.25, 0.3) is 0 Å². The molecule has 5 heteroatoms. The SMILES string of the molecule is COc1ccc(NC(=O)c2cc(C)nn2C)cc1C. The van der Waals surface area contributed by atoms with Crippen molar-refractivity contribution in [3.8, 4) is 5.75 Å². The van der Waals surface area contributed by atoms with Crippen molar-refractivity contribution in [2.75, 3.05) is 12.4 Å². The molecule has 0 radical (unpaired) electrons. The van der Waals surface area contributed by atoms with Crippen molar-refractivity contribution < 1.29 is 9.53 Å². The third-order valence-electron chi connectivity index (χ3n) is 2.89. The maximum absolute atomic E-state index is 12.1. The van der Waals surface area contributed by atoms with Gasteiger partial charge in [0.2, 0.25) is 0 Å². The van der Waals surface area contributed by atoms with Gasteiger partial charge in [-0.15, -0.1) is 0 Å². The Balaban J connectivity index is 2.19. The molecule has 1 amide bonds. The van der Waals surface area contributed by atoms with Gasteiger partial charge in [0.25, 0.3) is 5.91 Å². The molecule has 19 heavy (non-hydrogen) atoms. The van der Waals surface area contributed by atoms with E-state index in [0.717, 1.165) is 22.7 Å². The summed E-state index contributed by atoms with van der Waals surface area (Å²) >= 11 is 0. The van der Waals surface area contributed by atoms with Gasteiger partial charge in [0.05, 0.1) is 12.8 Å². The molecular weight excluding hydrogens is 242 g/mol. The number of nitrogens with one attached hydrogen (secondary N) is 1. The lowest BCUT2D eigenvalue weighted by atomic mass is 10.2. The van der Waals surface area contributed by atoms with E-state index in [-0.39, 0.29) is 5.91 Å². The van der Waals surface area contributed by atoms with Crippen molar-refractivity contribution >= 4 is 11.6 Å². The highest BCUT2D eigenvalue weighted by atomic mass is 16.5. The molecule has 100 valence electrons. The number of carbonyl (C=O) groups is 1. The summed E-state index contributed by atoms with van der Waals surface area (Å²) in [5.74, 6) is 0.627. The zero-order valence-electron chi connectivity index (χ0n) is 11.5. The predicted molar refractivity (Wildman–Crippen MR) is 73.6 cm³/mol. The van der Waals surface area contributed by atoms with Crippen LogP contribution >= 0.6 is 0 Å². The average molecular weight is 259 g/mol. The minimum Gasteiger partial charge on any atom is -0.496 e. The van der Waals surface area contributed by atoms with Crippen LogP contribution in [0.2, 0.25) is 0 Å². The Kier molecular flexibility index (Phi) is 3.55. The van der Waals surface area contributed by atoms with E-state index in [4.69, 9.17) is 4.74 Å². The van der Waals surface area contributed by atoms with Crippen LogP contribution < -0.4 is 10.1 Å². The Bertz CT molecular complexity index is 617. The van der Waals surface area contributed by atoms with Gasteiger partial charge in [-0.1, -0.05) is 0 Å². The number of rotatable bonds is 3. The van der Waals surface area contributed by atoms with Crippen molar-refractivity contribution in [2.45, 2.75) is 13.8 Å². The summed E-state index contributed by atoms with van der Waals surface area (Å²) in [7, 11) is 3.38. The number of nitrogens with zero attached hydrogens (tertiary/aromatic N) is 2. The average Bonchev–Trinajstić information content (AvgIpc) is 2.69. The minimum absolute atomic E-state index is 0.173. The molecule has 0 aliphatic rings. The van der Waals surface area contributed by atoms with Gasteiger partial charge in [-0.05, 0) is 43.7 Å². The summed E-state index contributed by atoms with van der Waals surface area (Å²) in [4.78, 5) is 12.1. The van der Waals surface area contributed by atoms with Crippen LogP contribution in [-0.2, 0) is 7.05 Å². The van der Waals surface area contributed by atoms with Gasteiger partial charge in [0.15, 0.2) is 0 Å². The summed E-state index contributed by atoms with van der Waals surface area (Å²) in [6.07, 6.45) is 0. The van der Waals surface area contributed by atoms with Crippen LogP contribution in [0.3, 0.4) is 0 Å². The van der Waals surface area contributed by atoms with Crippen molar-refractivity contribution in [3.63, 3.8) is 0 Å². The van der Waals surface area contributed by atoms with Gasteiger partial charge in [-0.3, -0.25) is 9.48 Å². The Hall–Kier alpha value is -2.30. The fourth-order valence-corrected chi connectivity index (χ4v) is 1.97. The topological polar surface area (TPSA) is 56.1 Å². The lowest BCUT2D eigenvalue weighted by Crippen LogP contribution is -2.16. The first kappa shape index (κ1) is 13.1. The Labute approximate surface area is 112 Å². The molecule has 0 bridgehead atoms. The predicted octanol–water partition coefficient (Wildman–Crippen LogP) is 2.30. The Morgan fingerprint density at radius 1 is 1.32 bits per heavy atom. The molecule has 1 heterocycles. The second-order valence-electron chi connectivity index (χ2n) is 4.43. The first-order valence-corrected chi connectivity index (χ1v) is 5.98. The van der Waals surface area contributed by atoms with Crippen LogP contribution in [0.5, 0.6) is 5.75 Å². The molecule has 0 saturated heterocycles. The standard InChI is InChI=1S/C14H17N3O2/c1-9-7-11(5-6-13(9)19-4)15-14(18)12-8-10(2)16-17(12)3/h5-8H,1-4H3,(H,15,18). The number of aromatic nitrogens is 2. The van der Waals surface area contributed by atoms with Crippen molar-refractivity contribution in [1.82, 2.24) is 9.78 Å². The molecule has 0 aliphatic heterocycles. The first-order valence-electron chi connectivity index (χ1n) is 5.98. The monoisotopic (exact) mass is 259 g/mol. The smallest absolute Gasteiger partial charge is 0.273 e. The number of hydrogen-bond donors (Lipinski definition) is 1. The van der Waals surface area contributed by atoms with Crippen LogP contribution in [0, 0.1) is 13.8 Å². The van der Waals surface area contributed by atoms with Crippen LogP contribution in [0.15, 0.2) is 24.3 Å². The third-order valence-corrected chi connectivity index (χ3v) is 2.89. The second kappa shape index (κ2) is 5.14. The molecule has 0 unspecified atom stereocenters. The molecule has 0 aliphatic carbocycles. The van der Waals surface area contributed by atoms with E-state index in [1.54, 1.807) is 24.9 Å². The van der Waals surface area contributed by atoms with E-state index >= 15 is 0 Å². The number of amides is 1. The van der Waals surface area contributed by atoms with Gasteiger partial charge in [-0.25, -0.2) is 0 Å². The summed E-state index contributed by atoms with van der Waals surface area (Å²) in [6, 6.07) is 7.28. The zero-order chi connectivity index (χ0) is 14.0. The van der Waals surface area contributed by atoms with E-state index in [0.29, 0.717) is 5.69 Å². The first-order chi connectivity index (χ1) is 9.01. The molecule has 1 N–H and O–H groups in total. The summed E-state index contributed by atoms with van der Waals surface area (Å²) in [5.41, 5.74) is 3.06. The number of methoxy groups -OCH3 is 1. The highest BCUT2D eigenvalue weighted by Crippen LogP contribution is 2.21. The zero-order valence-corrected chi connectivity index (χ0v) is 11.5. The van der Waals surface area contributed by atoms with E-state index in [9.17, 15) is 4.79 Å². The number of benzene rings is 1. The molecule has 1 aromatic carbocycles. The minimum atomic E-state index is -0.173. The molecule has 1 aromatic heterocycles. The number of aryl methyl sites for hydroxylation is 3. The van der Waals surface area contributed by atoms with E-state index in [1.807, 2.05) is 32.0 Å². The molecule has 2 rings (SSSR count). The van der Waals surface area contributed by atoms with E-state index in [2.05, 4.69) is 10.4 Å². The highest BCUT2D eigenvalue weighted by molar-refractivity contribution is 6.03. The van der Waals surface area contributed by atoms with E-state index < -0.39 is 0 Å². The summed E-state index contributed by atoms with van der Waals surface area (Å²) in [5, 5.41) is 7.00. The Morgan fingerprint density at radius 3 is 2.58 bits per heavy atom. The largest absolute Gasteiger partial charge is 0.496 e. The van der Waals surface area contributed by atoms with Crippen molar-refractivity contribution in [1.29, 1.82) is 0 Å².